The fraction of sp³-hybridized carbons (Fsp3) is 0.529. The molecule has 14 heteroatoms. The number of carboxylic acid groups (broad SMARTS) is 2. The molecule has 0 aromatic heterocycles. The molecule has 4 rings (SSSR count). The first-order valence-corrected chi connectivity index (χ1v) is 16.2. The highest BCUT2D eigenvalue weighted by atomic mass is 16.7. The maximum Gasteiger partial charge on any atom is 0.335 e. The molecule has 0 aliphatic carbocycles. The average Bonchev–Trinajstić information content (AvgIpc) is 3.75. The Morgan fingerprint density at radius 1 is 0.833 bits per heavy atom. The normalized spacial score (nSPS) is 16.3. The minimum absolute atomic E-state index is 0.0690. The summed E-state index contributed by atoms with van der Waals surface area (Å²) >= 11 is 0. The Morgan fingerprint density at radius 3 is 2.04 bits per heavy atom. The molecule has 0 unspecified atom stereocenters. The molecule has 14 nitrogen and oxygen atoms in total. The molecule has 48 heavy (non-hydrogen) atoms. The highest BCUT2D eigenvalue weighted by Crippen LogP contribution is 2.34. The van der Waals surface area contributed by atoms with Crippen LogP contribution in [0.25, 0.3) is 0 Å². The van der Waals surface area contributed by atoms with E-state index < -0.39 is 30.3 Å². The van der Waals surface area contributed by atoms with Crippen LogP contribution < -0.4 is 24.4 Å². The summed E-state index contributed by atoms with van der Waals surface area (Å²) in [4.78, 5) is 46.3. The summed E-state index contributed by atoms with van der Waals surface area (Å²) in [5.41, 5.74) is 1.39. The van der Waals surface area contributed by atoms with E-state index in [0.717, 1.165) is 31.7 Å². The van der Waals surface area contributed by atoms with Crippen molar-refractivity contribution in [2.45, 2.75) is 89.3 Å². The number of rotatable bonds is 17. The van der Waals surface area contributed by atoms with Crippen molar-refractivity contribution in [1.29, 1.82) is 0 Å². The minimum Gasteiger partial charge on any atom is -0.491 e. The first-order valence-electron chi connectivity index (χ1n) is 16.2. The van der Waals surface area contributed by atoms with Crippen LogP contribution in [0, 0.1) is 0 Å². The molecule has 0 spiro atoms. The summed E-state index contributed by atoms with van der Waals surface area (Å²) in [6.45, 7) is 6.91. The number of aliphatic hydroxyl groups excluding tert-OH is 3. The second kappa shape index (κ2) is 18.9. The molecule has 0 radical (unpaired) electrons. The zero-order chi connectivity index (χ0) is 35.2. The lowest BCUT2D eigenvalue weighted by Crippen LogP contribution is -3.11. The predicted molar refractivity (Wildman–Crippen MR) is 171 cm³/mol. The van der Waals surface area contributed by atoms with E-state index in [-0.39, 0.29) is 30.6 Å². The van der Waals surface area contributed by atoms with Gasteiger partial charge in [-0.15, -0.1) is 0 Å². The SMILES string of the molecule is CC(C)Oc1ccc(C(=O)CCCCCC(=O)N[C@H](C[NH+]2CCCC2)[C@H](O)c2ccc3c(c2)OCO3)cc1.O=C(O)[C@@H](O)[C@H](O)C(=O)O. The van der Waals surface area contributed by atoms with E-state index in [1.54, 1.807) is 24.3 Å². The van der Waals surface area contributed by atoms with E-state index in [1.165, 1.54) is 17.7 Å². The number of hydrogen-bond acceptors (Lipinski definition) is 10. The fourth-order valence-electron chi connectivity index (χ4n) is 5.39. The zero-order valence-corrected chi connectivity index (χ0v) is 27.3. The molecule has 0 saturated carbocycles. The zero-order valence-electron chi connectivity index (χ0n) is 27.3. The van der Waals surface area contributed by atoms with Crippen molar-refractivity contribution in [2.24, 2.45) is 0 Å². The number of carbonyl (C=O) groups is 4. The second-order valence-electron chi connectivity index (χ2n) is 12.1. The summed E-state index contributed by atoms with van der Waals surface area (Å²) < 4.78 is 16.5. The molecular weight excluding hydrogens is 628 g/mol. The van der Waals surface area contributed by atoms with Crippen LogP contribution in [0.5, 0.6) is 17.2 Å². The Bertz CT molecular complexity index is 1340. The summed E-state index contributed by atoms with van der Waals surface area (Å²) in [7, 11) is 0. The molecule has 2 heterocycles. The van der Waals surface area contributed by atoms with Gasteiger partial charge in [0.15, 0.2) is 29.5 Å². The highest BCUT2D eigenvalue weighted by molar-refractivity contribution is 5.96. The van der Waals surface area contributed by atoms with Crippen molar-refractivity contribution in [3.05, 3.63) is 53.6 Å². The van der Waals surface area contributed by atoms with E-state index in [0.29, 0.717) is 48.4 Å². The Labute approximate surface area is 279 Å². The number of carboxylic acids is 2. The number of ketones is 1. The van der Waals surface area contributed by atoms with Crippen molar-refractivity contribution in [2.75, 3.05) is 26.4 Å². The Morgan fingerprint density at radius 2 is 1.44 bits per heavy atom. The number of amides is 1. The van der Waals surface area contributed by atoms with Crippen LogP contribution in [0.1, 0.15) is 80.8 Å². The summed E-state index contributed by atoms with van der Waals surface area (Å²) in [6.07, 6.45) is 0.117. The molecule has 4 atom stereocenters. The third-order valence-electron chi connectivity index (χ3n) is 7.95. The maximum atomic E-state index is 12.8. The fourth-order valence-corrected chi connectivity index (χ4v) is 5.39. The van der Waals surface area contributed by atoms with Crippen LogP contribution >= 0.6 is 0 Å². The molecule has 2 aliphatic rings. The van der Waals surface area contributed by atoms with Gasteiger partial charge in [-0.1, -0.05) is 12.5 Å². The van der Waals surface area contributed by atoms with Crippen molar-refractivity contribution in [1.82, 2.24) is 5.32 Å². The Kier molecular flexibility index (Phi) is 15.1. The van der Waals surface area contributed by atoms with Crippen LogP contribution in [0.15, 0.2) is 42.5 Å². The molecule has 2 aromatic carbocycles. The van der Waals surface area contributed by atoms with Crippen LogP contribution in [-0.2, 0) is 14.4 Å². The number of fused-ring (bicyclic) bond motifs is 1. The van der Waals surface area contributed by atoms with Gasteiger partial charge in [0, 0.05) is 31.2 Å². The monoisotopic (exact) mass is 675 g/mol. The molecule has 7 N–H and O–H groups in total. The largest absolute Gasteiger partial charge is 0.491 e. The van der Waals surface area contributed by atoms with E-state index in [1.807, 2.05) is 32.0 Å². The van der Waals surface area contributed by atoms with Crippen molar-refractivity contribution >= 4 is 23.6 Å². The van der Waals surface area contributed by atoms with Gasteiger partial charge in [-0.2, -0.15) is 0 Å². The average molecular weight is 676 g/mol. The number of hydrogen-bond donors (Lipinski definition) is 7. The van der Waals surface area contributed by atoms with Gasteiger partial charge < -0.3 is 50.0 Å². The molecule has 1 saturated heterocycles. The summed E-state index contributed by atoms with van der Waals surface area (Å²) in [6, 6.07) is 12.3. The van der Waals surface area contributed by atoms with E-state index in [4.69, 9.17) is 34.6 Å². The van der Waals surface area contributed by atoms with E-state index in [2.05, 4.69) is 5.32 Å². The third kappa shape index (κ3) is 12.1. The molecule has 2 aromatic rings. The van der Waals surface area contributed by atoms with Crippen LogP contribution in [0.3, 0.4) is 0 Å². The lowest BCUT2D eigenvalue weighted by molar-refractivity contribution is -0.889. The second-order valence-corrected chi connectivity index (χ2v) is 12.1. The quantitative estimate of drug-likeness (QED) is 0.0928. The van der Waals surface area contributed by atoms with Crippen LogP contribution in [0.4, 0.5) is 0 Å². The number of benzene rings is 2. The lowest BCUT2D eigenvalue weighted by Gasteiger charge is -2.27. The van der Waals surface area contributed by atoms with Crippen LogP contribution in [0.2, 0.25) is 0 Å². The number of aliphatic hydroxyl groups is 3. The predicted octanol–water partition coefficient (Wildman–Crippen LogP) is 1.11. The Balaban J connectivity index is 0.000000542. The first kappa shape index (κ1) is 38.2. The van der Waals surface area contributed by atoms with Crippen molar-refractivity contribution < 1.29 is 63.8 Å². The third-order valence-corrected chi connectivity index (χ3v) is 7.95. The van der Waals surface area contributed by atoms with Crippen molar-refractivity contribution in [3.63, 3.8) is 0 Å². The van der Waals surface area contributed by atoms with E-state index in [9.17, 15) is 24.3 Å². The topological polar surface area (TPSA) is 214 Å². The molecule has 264 valence electrons. The number of nitrogens with one attached hydrogen (secondary N) is 2. The van der Waals surface area contributed by atoms with Gasteiger partial charge in [0.05, 0.1) is 19.2 Å². The maximum absolute atomic E-state index is 12.8. The van der Waals surface area contributed by atoms with Gasteiger partial charge in [0.25, 0.3) is 0 Å². The smallest absolute Gasteiger partial charge is 0.335 e. The number of Topliss-reactive ketones (excluding diaryl/α,β-unsaturated/α-hetero) is 1. The Hall–Kier alpha value is -4.24. The molecule has 2 aliphatic heterocycles. The molecule has 1 fully saturated rings. The number of aliphatic carboxylic acids is 2. The minimum atomic E-state index is -2.27. The summed E-state index contributed by atoms with van der Waals surface area (Å²) in [5, 5.41) is 46.8. The van der Waals surface area contributed by atoms with Crippen LogP contribution in [-0.4, -0.2) is 99.9 Å². The lowest BCUT2D eigenvalue weighted by atomic mass is 10.0. The van der Waals surface area contributed by atoms with Gasteiger partial charge in [-0.25, -0.2) is 9.59 Å². The number of quaternary nitrogens is 1. The highest BCUT2D eigenvalue weighted by Gasteiger charge is 2.31. The molecule has 1 amide bonds. The number of ether oxygens (including phenoxy) is 3. The van der Waals surface area contributed by atoms with Crippen molar-refractivity contribution in [3.8, 4) is 17.2 Å². The number of unbranched alkanes of at least 4 members (excludes halogenated alkanes) is 2. The van der Waals surface area contributed by atoms with Gasteiger partial charge in [-0.3, -0.25) is 9.59 Å². The van der Waals surface area contributed by atoms with Gasteiger partial charge >= 0.3 is 11.9 Å². The number of likely N-dealkylation sites (tertiary alicyclic amines) is 1. The first-order chi connectivity index (χ1) is 22.8. The molecular formula is C34H47N2O12+. The summed E-state index contributed by atoms with van der Waals surface area (Å²) in [5.74, 6) is -1.45. The van der Waals surface area contributed by atoms with E-state index >= 15 is 0 Å². The number of carbonyl (C=O) groups excluding carboxylic acids is 2. The van der Waals surface area contributed by atoms with Gasteiger partial charge in [-0.05, 0) is 68.7 Å². The van der Waals surface area contributed by atoms with Gasteiger partial charge in [0.2, 0.25) is 12.7 Å². The molecule has 0 bridgehead atoms. The van der Waals surface area contributed by atoms with Gasteiger partial charge in [0.1, 0.15) is 24.4 Å². The standard InChI is InChI=1S/C30H40N2O6.C4H6O6/c1-21(2)38-24-13-10-22(11-14-24)26(33)8-4-3-5-9-29(34)31-25(19-32-16-6-7-17-32)30(35)23-12-15-27-28(18-23)37-20-36-27;5-1(3(7)8)2(6)4(9)10/h10-15,18,21,25,30,35H,3-9,16-17,19-20H2,1-2H3,(H,31,34);1-2,5-6H,(H,7,8)(H,9,10)/p+1/t25-,30-;1-,2-/m10/s1.